The molecule has 0 saturated carbocycles. The molecule has 0 bridgehead atoms. The van der Waals surface area contributed by atoms with E-state index >= 15 is 0 Å². The molecule has 0 aliphatic heterocycles. The molecule has 3 aromatic rings. The molecule has 2 amide bonds. The number of aromatic amines is 1. The molecule has 0 spiro atoms. The van der Waals surface area contributed by atoms with Gasteiger partial charge in [0.05, 0.1) is 29.1 Å². The molecule has 0 saturated heterocycles. The molecule has 34 heavy (non-hydrogen) atoms. The van der Waals surface area contributed by atoms with Gasteiger partial charge in [-0.1, -0.05) is 17.7 Å². The van der Waals surface area contributed by atoms with Crippen molar-refractivity contribution in [2.24, 2.45) is 5.73 Å². The normalized spacial score (nSPS) is 11.2. The summed E-state index contributed by atoms with van der Waals surface area (Å²) in [5.41, 5.74) is 7.75. The fourth-order valence-electron chi connectivity index (χ4n) is 3.51. The van der Waals surface area contributed by atoms with Crippen molar-refractivity contribution in [1.29, 1.82) is 0 Å². The first kappa shape index (κ1) is 24.8. The Hall–Kier alpha value is -3.86. The average molecular weight is 486 g/mol. The van der Waals surface area contributed by atoms with Gasteiger partial charge in [-0.05, 0) is 56.7 Å². The minimum Gasteiger partial charge on any atom is -0.497 e. The van der Waals surface area contributed by atoms with E-state index < -0.39 is 21.8 Å². The van der Waals surface area contributed by atoms with Crippen LogP contribution < -0.4 is 20.1 Å². The monoisotopic (exact) mass is 485 g/mol. The first-order valence-electron chi connectivity index (χ1n) is 10.4. The lowest BCUT2D eigenvalue weighted by molar-refractivity contribution is -0.116. The van der Waals surface area contributed by atoms with Crippen LogP contribution in [-0.2, 0) is 14.8 Å². The van der Waals surface area contributed by atoms with Crippen LogP contribution in [0.25, 0.3) is 0 Å². The summed E-state index contributed by atoms with van der Waals surface area (Å²) in [6.45, 7) is 5.10. The van der Waals surface area contributed by atoms with Crippen molar-refractivity contribution >= 4 is 33.2 Å². The molecule has 0 fully saturated rings. The van der Waals surface area contributed by atoms with Gasteiger partial charge >= 0.3 is 0 Å². The fraction of sp³-hybridized carbons (Fsp3) is 0.261. The van der Waals surface area contributed by atoms with Crippen molar-refractivity contribution in [3.05, 3.63) is 65.0 Å². The molecule has 1 heterocycles. The average Bonchev–Trinajstić information content (AvgIpc) is 3.14. The predicted octanol–water partition coefficient (Wildman–Crippen LogP) is 2.67. The standard InChI is InChI=1S/C23H27N5O5S/c1-14-5-10-19(15(2)13-14)34(31,32)28(17-6-8-18(33-4)9-7-17)12-11-20(29)25-21-16(3)26-27-22(21)23(24)30/h5-10,13H,11-12H2,1-4H3,(H2,24,30)(H,25,29)(H,26,27). The highest BCUT2D eigenvalue weighted by atomic mass is 32.2. The number of sulfonamides is 1. The van der Waals surface area contributed by atoms with E-state index in [1.807, 2.05) is 6.92 Å². The molecule has 0 aliphatic carbocycles. The first-order valence-corrected chi connectivity index (χ1v) is 11.9. The number of benzene rings is 2. The van der Waals surface area contributed by atoms with Crippen molar-refractivity contribution in [2.45, 2.75) is 32.1 Å². The summed E-state index contributed by atoms with van der Waals surface area (Å²) in [6, 6.07) is 11.6. The molecule has 10 nitrogen and oxygen atoms in total. The van der Waals surface area contributed by atoms with Gasteiger partial charge in [-0.3, -0.25) is 19.0 Å². The summed E-state index contributed by atoms with van der Waals surface area (Å²) in [6.07, 6.45) is -0.182. The van der Waals surface area contributed by atoms with Crippen LogP contribution in [0, 0.1) is 20.8 Å². The van der Waals surface area contributed by atoms with Crippen molar-refractivity contribution in [3.8, 4) is 5.75 Å². The van der Waals surface area contributed by atoms with Gasteiger partial charge in [0.25, 0.3) is 15.9 Å². The molecule has 0 unspecified atom stereocenters. The molecule has 4 N–H and O–H groups in total. The Morgan fingerprint density at radius 2 is 1.79 bits per heavy atom. The Balaban J connectivity index is 1.91. The summed E-state index contributed by atoms with van der Waals surface area (Å²) < 4.78 is 33.6. The third kappa shape index (κ3) is 5.20. The minimum absolute atomic E-state index is 0.0965. The van der Waals surface area contributed by atoms with E-state index in [-0.39, 0.29) is 29.2 Å². The second-order valence-corrected chi connectivity index (χ2v) is 9.61. The highest BCUT2D eigenvalue weighted by Gasteiger charge is 2.27. The Labute approximate surface area is 198 Å². The number of methoxy groups -OCH3 is 1. The number of hydrogen-bond donors (Lipinski definition) is 3. The van der Waals surface area contributed by atoms with E-state index in [2.05, 4.69) is 15.5 Å². The van der Waals surface area contributed by atoms with Crippen molar-refractivity contribution in [2.75, 3.05) is 23.3 Å². The Kier molecular flexibility index (Phi) is 7.26. The molecule has 3 rings (SSSR count). The summed E-state index contributed by atoms with van der Waals surface area (Å²) in [7, 11) is -2.47. The van der Waals surface area contributed by atoms with E-state index in [0.29, 0.717) is 22.7 Å². The second-order valence-electron chi connectivity index (χ2n) is 7.78. The molecule has 2 aromatic carbocycles. The van der Waals surface area contributed by atoms with Crippen LogP contribution >= 0.6 is 0 Å². The van der Waals surface area contributed by atoms with Gasteiger partial charge in [-0.2, -0.15) is 5.10 Å². The lowest BCUT2D eigenvalue weighted by Gasteiger charge is -2.25. The molecule has 180 valence electrons. The molecule has 11 heteroatoms. The van der Waals surface area contributed by atoms with Crippen LogP contribution in [0.2, 0.25) is 0 Å². The van der Waals surface area contributed by atoms with Gasteiger partial charge in [0.15, 0.2) is 5.69 Å². The van der Waals surface area contributed by atoms with Crippen molar-refractivity contribution in [3.63, 3.8) is 0 Å². The number of hydrogen-bond acceptors (Lipinski definition) is 6. The Morgan fingerprint density at radius 1 is 1.12 bits per heavy atom. The second kappa shape index (κ2) is 9.96. The van der Waals surface area contributed by atoms with Gasteiger partial charge in [-0.15, -0.1) is 0 Å². The summed E-state index contributed by atoms with van der Waals surface area (Å²) in [5, 5.41) is 8.99. The van der Waals surface area contributed by atoms with Gasteiger partial charge in [0.1, 0.15) is 5.75 Å². The van der Waals surface area contributed by atoms with Crippen molar-refractivity contribution < 1.29 is 22.7 Å². The predicted molar refractivity (Wildman–Crippen MR) is 129 cm³/mol. The quantitative estimate of drug-likeness (QED) is 0.424. The highest BCUT2D eigenvalue weighted by molar-refractivity contribution is 7.92. The Bertz CT molecular complexity index is 1320. The number of ether oxygens (including phenoxy) is 1. The smallest absolute Gasteiger partial charge is 0.271 e. The van der Waals surface area contributed by atoms with Gasteiger partial charge in [0.2, 0.25) is 5.91 Å². The van der Waals surface area contributed by atoms with Crippen LogP contribution in [0.15, 0.2) is 47.4 Å². The van der Waals surface area contributed by atoms with E-state index in [1.165, 1.54) is 11.4 Å². The number of anilines is 2. The lowest BCUT2D eigenvalue weighted by atomic mass is 10.2. The number of rotatable bonds is 9. The number of carbonyl (C=O) groups excluding carboxylic acids is 2. The zero-order valence-corrected chi connectivity index (χ0v) is 20.2. The lowest BCUT2D eigenvalue weighted by Crippen LogP contribution is -2.34. The maximum atomic E-state index is 13.6. The molecular formula is C23H27N5O5S. The van der Waals surface area contributed by atoms with Crippen LogP contribution in [0.1, 0.15) is 33.7 Å². The van der Waals surface area contributed by atoms with Gasteiger partial charge in [0, 0.05) is 13.0 Å². The maximum absolute atomic E-state index is 13.6. The number of nitrogens with one attached hydrogen (secondary N) is 2. The number of H-pyrrole nitrogens is 1. The highest BCUT2D eigenvalue weighted by Crippen LogP contribution is 2.28. The van der Waals surface area contributed by atoms with Crippen LogP contribution in [0.5, 0.6) is 5.75 Å². The number of amides is 2. The van der Waals surface area contributed by atoms with E-state index in [4.69, 9.17) is 10.5 Å². The maximum Gasteiger partial charge on any atom is 0.271 e. The third-order valence-electron chi connectivity index (χ3n) is 5.25. The van der Waals surface area contributed by atoms with Crippen molar-refractivity contribution in [1.82, 2.24) is 10.2 Å². The number of aryl methyl sites for hydroxylation is 3. The number of nitrogens with two attached hydrogens (primary N) is 1. The van der Waals surface area contributed by atoms with Crippen LogP contribution in [0.3, 0.4) is 0 Å². The first-order chi connectivity index (χ1) is 16.0. The molecule has 0 radical (unpaired) electrons. The van der Waals surface area contributed by atoms with Crippen LogP contribution in [-0.4, -0.2) is 44.1 Å². The number of primary amides is 1. The minimum atomic E-state index is -3.99. The number of aromatic nitrogens is 2. The zero-order valence-electron chi connectivity index (χ0n) is 19.4. The van der Waals surface area contributed by atoms with E-state index in [0.717, 1.165) is 5.56 Å². The SMILES string of the molecule is COc1ccc(N(CCC(=O)Nc2c(C(N)=O)n[nH]c2C)S(=O)(=O)c2ccc(C)cc2C)cc1. The van der Waals surface area contributed by atoms with Gasteiger partial charge < -0.3 is 15.8 Å². The third-order valence-corrected chi connectivity index (χ3v) is 7.23. The van der Waals surface area contributed by atoms with E-state index in [1.54, 1.807) is 56.3 Å². The largest absolute Gasteiger partial charge is 0.497 e. The molecular weight excluding hydrogens is 458 g/mol. The molecule has 0 atom stereocenters. The fourth-order valence-corrected chi connectivity index (χ4v) is 5.18. The summed E-state index contributed by atoms with van der Waals surface area (Å²) in [5.74, 6) is -0.724. The number of nitrogens with zero attached hydrogens (tertiary/aromatic N) is 2. The number of carbonyl (C=O) groups is 2. The van der Waals surface area contributed by atoms with Gasteiger partial charge in [-0.25, -0.2) is 8.42 Å². The summed E-state index contributed by atoms with van der Waals surface area (Å²) in [4.78, 5) is 24.4. The zero-order chi connectivity index (χ0) is 25.0. The molecule has 1 aromatic heterocycles. The topological polar surface area (TPSA) is 147 Å². The van der Waals surface area contributed by atoms with Crippen LogP contribution in [0.4, 0.5) is 11.4 Å². The van der Waals surface area contributed by atoms with E-state index in [9.17, 15) is 18.0 Å². The molecule has 0 aliphatic rings. The summed E-state index contributed by atoms with van der Waals surface area (Å²) >= 11 is 0. The Morgan fingerprint density at radius 3 is 2.38 bits per heavy atom.